The monoisotopic (exact) mass is 890 g/mol. The van der Waals surface area contributed by atoms with Crippen LogP contribution in [0.4, 0.5) is 28.9 Å². The molecule has 50 heavy (non-hydrogen) atoms. The molecular formula is C32H30BBr3F4N4O6. The number of benzene rings is 2. The van der Waals surface area contributed by atoms with Crippen molar-refractivity contribution in [1.82, 2.24) is 9.97 Å². The summed E-state index contributed by atoms with van der Waals surface area (Å²) in [6.07, 6.45) is 0. The number of pyridine rings is 2. The van der Waals surface area contributed by atoms with Gasteiger partial charge in [0.05, 0.1) is 51.4 Å². The van der Waals surface area contributed by atoms with E-state index < -0.39 is 53.5 Å². The Labute approximate surface area is 310 Å². The van der Waals surface area contributed by atoms with Crippen molar-refractivity contribution < 1.29 is 45.9 Å². The highest BCUT2D eigenvalue weighted by Gasteiger charge is 2.52. The van der Waals surface area contributed by atoms with Gasteiger partial charge < -0.3 is 30.2 Å². The molecular weight excluding hydrogens is 863 g/mol. The first-order valence-electron chi connectivity index (χ1n) is 14.2. The molecule has 0 atom stereocenters. The summed E-state index contributed by atoms with van der Waals surface area (Å²) in [6, 6.07) is 10.2. The number of nitrogens with zero attached hydrogens (tertiary/aromatic N) is 2. The lowest BCUT2D eigenvalue weighted by Crippen LogP contribution is -2.41. The minimum Gasteiger partial charge on any atom is -0.464 e. The number of ether oxygens (including phenoxy) is 2. The van der Waals surface area contributed by atoms with Crippen molar-refractivity contribution in [3.05, 3.63) is 96.7 Å². The van der Waals surface area contributed by atoms with E-state index in [0.717, 1.165) is 12.1 Å². The van der Waals surface area contributed by atoms with E-state index in [0.29, 0.717) is 10.3 Å². The molecule has 1 fully saturated rings. The van der Waals surface area contributed by atoms with Crippen molar-refractivity contribution in [2.45, 2.75) is 38.9 Å². The van der Waals surface area contributed by atoms with Gasteiger partial charge in [-0.3, -0.25) is 0 Å². The molecule has 4 N–H and O–H groups in total. The second-order valence-corrected chi connectivity index (χ2v) is 13.8. The number of esters is 2. The summed E-state index contributed by atoms with van der Waals surface area (Å²) in [4.78, 5) is 30.3. The zero-order chi connectivity index (χ0) is 37.7. The quantitative estimate of drug-likeness (QED) is 0.0699. The second-order valence-electron chi connectivity index (χ2n) is 11.3. The number of hydrogen-bond acceptors (Lipinski definition) is 10. The van der Waals surface area contributed by atoms with Crippen molar-refractivity contribution in [2.24, 2.45) is 0 Å². The molecule has 4 aromatic rings. The highest BCUT2D eigenvalue weighted by Crippen LogP contribution is 2.37. The van der Waals surface area contributed by atoms with Crippen LogP contribution >= 0.6 is 47.8 Å². The van der Waals surface area contributed by atoms with Crippen LogP contribution in [-0.4, -0.2) is 54.4 Å². The standard InChI is InChI=1S/C13H9BrF2N2O2.C12H14BBrF2O2.C7H7BrN2O2/c1-20-13(19)12-10(17)2-3-11(18-12)6-4-7(14)9(16)5-8(6)15;1-11(2)12(3,4)18-13(17-11)7-5-8(14)10(16)6-9(7)15;1-12-7(11)6-4(9)2-3-5(8)10-6/h2-5H,17H2,1H3;5-6H,1-4H3;2-3H,9H2,1H3. The Kier molecular flexibility index (Phi) is 13.6. The number of carbonyl (C=O) groups excluding carboxylic acids is 2. The van der Waals surface area contributed by atoms with E-state index in [9.17, 15) is 27.2 Å². The first-order valence-corrected chi connectivity index (χ1v) is 16.6. The van der Waals surface area contributed by atoms with Gasteiger partial charge in [-0.15, -0.1) is 0 Å². The third kappa shape index (κ3) is 9.60. The Morgan fingerprint density at radius 3 is 1.68 bits per heavy atom. The third-order valence-corrected chi connectivity index (χ3v) is 9.07. The molecule has 0 spiro atoms. The zero-order valence-electron chi connectivity index (χ0n) is 27.3. The van der Waals surface area contributed by atoms with Gasteiger partial charge in [-0.1, -0.05) is 0 Å². The number of rotatable bonds is 4. The smallest absolute Gasteiger partial charge is 0.464 e. The van der Waals surface area contributed by atoms with Crippen molar-refractivity contribution in [1.29, 1.82) is 0 Å². The van der Waals surface area contributed by atoms with Crippen LogP contribution in [-0.2, 0) is 18.8 Å². The minimum atomic E-state index is -0.827. The van der Waals surface area contributed by atoms with Crippen molar-refractivity contribution in [3.63, 3.8) is 0 Å². The average Bonchev–Trinajstić information content (AvgIpc) is 3.27. The van der Waals surface area contributed by atoms with Gasteiger partial charge in [0, 0.05) is 23.2 Å². The Morgan fingerprint density at radius 2 is 1.16 bits per heavy atom. The molecule has 3 heterocycles. The average molecular weight is 893 g/mol. The lowest BCUT2D eigenvalue weighted by atomic mass is 9.78. The van der Waals surface area contributed by atoms with Crippen molar-refractivity contribution in [2.75, 3.05) is 25.7 Å². The highest BCUT2D eigenvalue weighted by molar-refractivity contribution is 9.11. The zero-order valence-corrected chi connectivity index (χ0v) is 32.1. The van der Waals surface area contributed by atoms with E-state index in [1.165, 1.54) is 38.5 Å². The molecule has 18 heteroatoms. The summed E-state index contributed by atoms with van der Waals surface area (Å²) in [5.41, 5.74) is 10.8. The fourth-order valence-electron chi connectivity index (χ4n) is 3.99. The van der Waals surface area contributed by atoms with Crippen molar-refractivity contribution >= 4 is 83.7 Å². The number of hydrogen-bond donors (Lipinski definition) is 2. The molecule has 266 valence electrons. The van der Waals surface area contributed by atoms with Gasteiger partial charge in [0.15, 0.2) is 11.4 Å². The van der Waals surface area contributed by atoms with Crippen LogP contribution in [0, 0.1) is 23.3 Å². The summed E-state index contributed by atoms with van der Waals surface area (Å²) in [6.45, 7) is 7.51. The molecule has 0 bridgehead atoms. The molecule has 0 aliphatic carbocycles. The SMILES string of the molecule is CC1(C)OB(c2cc(Br)c(F)cc2F)OC1(C)C.COC(=O)c1nc(-c2cc(Br)c(F)cc2F)ccc1N.COC(=O)c1nc(Br)ccc1N. The van der Waals surface area contributed by atoms with Gasteiger partial charge in [-0.05, 0) is 112 Å². The molecule has 0 unspecified atom stereocenters. The highest BCUT2D eigenvalue weighted by atomic mass is 79.9. The second kappa shape index (κ2) is 16.6. The fraction of sp³-hybridized carbons (Fsp3) is 0.250. The van der Waals surface area contributed by atoms with E-state index in [-0.39, 0.29) is 42.7 Å². The molecule has 2 aromatic carbocycles. The summed E-state index contributed by atoms with van der Waals surface area (Å²) >= 11 is 9.12. The first-order chi connectivity index (χ1) is 23.2. The molecule has 10 nitrogen and oxygen atoms in total. The van der Waals surface area contributed by atoms with E-state index in [1.807, 2.05) is 27.7 Å². The van der Waals surface area contributed by atoms with E-state index >= 15 is 0 Å². The molecule has 1 aliphatic heterocycles. The Balaban J connectivity index is 0.000000209. The maximum absolute atomic E-state index is 13.8. The van der Waals surface area contributed by atoms with E-state index in [2.05, 4.69) is 67.2 Å². The van der Waals surface area contributed by atoms with Gasteiger partial charge in [0.2, 0.25) is 0 Å². The van der Waals surface area contributed by atoms with Crippen LogP contribution in [0.15, 0.2) is 62.1 Å². The van der Waals surface area contributed by atoms with Crippen LogP contribution in [0.25, 0.3) is 11.3 Å². The predicted octanol–water partition coefficient (Wildman–Crippen LogP) is 7.40. The molecule has 0 amide bonds. The number of nitrogen functional groups attached to an aromatic ring is 2. The van der Waals surface area contributed by atoms with Crippen LogP contribution in [0.1, 0.15) is 48.7 Å². The number of carbonyl (C=O) groups is 2. The lowest BCUT2D eigenvalue weighted by Gasteiger charge is -2.32. The molecule has 0 radical (unpaired) electrons. The summed E-state index contributed by atoms with van der Waals surface area (Å²) in [5, 5.41) is 0. The maximum Gasteiger partial charge on any atom is 0.497 e. The third-order valence-electron chi connectivity index (χ3n) is 7.41. The fourth-order valence-corrected chi connectivity index (χ4v) is 5.01. The number of nitrogens with two attached hydrogens (primary N) is 2. The van der Waals surface area contributed by atoms with Gasteiger partial charge in [-0.25, -0.2) is 37.1 Å². The minimum absolute atomic E-state index is 0.0448. The molecule has 1 aliphatic rings. The van der Waals surface area contributed by atoms with Crippen LogP contribution < -0.4 is 16.9 Å². The van der Waals surface area contributed by atoms with Crippen LogP contribution in [0.3, 0.4) is 0 Å². The topological polar surface area (TPSA) is 149 Å². The summed E-state index contributed by atoms with van der Waals surface area (Å²) in [5.74, 6) is -4.10. The Hall–Kier alpha value is -3.58. The van der Waals surface area contributed by atoms with Gasteiger partial charge in [0.1, 0.15) is 27.9 Å². The van der Waals surface area contributed by atoms with E-state index in [1.54, 1.807) is 12.1 Å². The number of anilines is 2. The number of methoxy groups -OCH3 is 2. The summed E-state index contributed by atoms with van der Waals surface area (Å²) < 4.78 is 75.2. The molecule has 2 aromatic heterocycles. The van der Waals surface area contributed by atoms with Crippen LogP contribution in [0.5, 0.6) is 0 Å². The molecule has 5 rings (SSSR count). The first kappa shape index (κ1) is 40.9. The van der Waals surface area contributed by atoms with Gasteiger partial charge in [-0.2, -0.15) is 0 Å². The van der Waals surface area contributed by atoms with Gasteiger partial charge >= 0.3 is 19.1 Å². The van der Waals surface area contributed by atoms with E-state index in [4.69, 9.17) is 20.8 Å². The number of aromatic nitrogens is 2. The van der Waals surface area contributed by atoms with Crippen molar-refractivity contribution in [3.8, 4) is 11.3 Å². The maximum atomic E-state index is 13.8. The summed E-state index contributed by atoms with van der Waals surface area (Å²) in [7, 11) is 1.64. The lowest BCUT2D eigenvalue weighted by molar-refractivity contribution is 0.00578. The predicted molar refractivity (Wildman–Crippen MR) is 191 cm³/mol. The molecule has 0 saturated carbocycles. The normalized spacial score (nSPS) is 14.1. The van der Waals surface area contributed by atoms with Crippen LogP contribution in [0.2, 0.25) is 0 Å². The Bertz CT molecular complexity index is 1910. The molecule has 1 saturated heterocycles. The number of halogens is 7. The van der Waals surface area contributed by atoms with Gasteiger partial charge in [0.25, 0.3) is 0 Å². The largest absolute Gasteiger partial charge is 0.497 e. The Morgan fingerprint density at radius 1 is 0.700 bits per heavy atom.